The number of fused-ring (bicyclic) bond motifs is 2. The van der Waals surface area contributed by atoms with Crippen LogP contribution in [0.3, 0.4) is 0 Å². The Kier molecular flexibility index (Phi) is 5.25. The van der Waals surface area contributed by atoms with Gasteiger partial charge in [-0.15, -0.1) is 0 Å². The Morgan fingerprint density at radius 3 is 2.65 bits per heavy atom. The molecule has 3 heterocycles. The van der Waals surface area contributed by atoms with Gasteiger partial charge in [-0.1, -0.05) is 11.6 Å². The number of nitrogens with one attached hydrogen (secondary N) is 1. The molecule has 3 aromatic rings. The molecule has 1 aliphatic heterocycles. The normalized spacial score (nSPS) is 14.6. The minimum atomic E-state index is -4.43. The number of anilines is 2. The fourth-order valence-electron chi connectivity index (χ4n) is 3.60. The van der Waals surface area contributed by atoms with Crippen molar-refractivity contribution in [1.29, 1.82) is 0 Å². The number of rotatable bonds is 4. The average Bonchev–Trinajstić information content (AvgIpc) is 2.69. The zero-order chi connectivity index (χ0) is 22.4. The zero-order valence-corrected chi connectivity index (χ0v) is 17.6. The van der Waals surface area contributed by atoms with Crippen molar-refractivity contribution in [3.63, 3.8) is 0 Å². The van der Waals surface area contributed by atoms with Crippen LogP contribution in [0.15, 0.2) is 30.5 Å². The highest BCUT2D eigenvalue weighted by atomic mass is 19.4. The number of nitrogens with zero attached hydrogens (tertiary/aromatic N) is 4. The Morgan fingerprint density at radius 2 is 1.94 bits per heavy atom. The fourth-order valence-corrected chi connectivity index (χ4v) is 3.60. The monoisotopic (exact) mass is 431 g/mol. The number of aromatic nitrogens is 3. The van der Waals surface area contributed by atoms with Crippen molar-refractivity contribution in [2.75, 3.05) is 23.3 Å². The molecule has 0 saturated carbocycles. The molecule has 1 aromatic carbocycles. The van der Waals surface area contributed by atoms with Crippen molar-refractivity contribution in [2.45, 2.75) is 45.5 Å². The van der Waals surface area contributed by atoms with Crippen LogP contribution in [0.4, 0.5) is 24.9 Å². The van der Waals surface area contributed by atoms with Gasteiger partial charge in [0.05, 0.1) is 16.7 Å². The average molecular weight is 431 g/mol. The molecule has 31 heavy (non-hydrogen) atoms. The van der Waals surface area contributed by atoms with Crippen molar-refractivity contribution in [3.8, 4) is 0 Å². The summed E-state index contributed by atoms with van der Waals surface area (Å²) in [7, 11) is 0. The summed E-state index contributed by atoms with van der Waals surface area (Å²) in [6, 6.07) is 7.00. The van der Waals surface area contributed by atoms with E-state index in [2.05, 4.69) is 20.3 Å². The second-order valence-electron chi connectivity index (χ2n) is 8.56. The van der Waals surface area contributed by atoms with Gasteiger partial charge in [-0.3, -0.25) is 4.98 Å². The van der Waals surface area contributed by atoms with E-state index in [1.807, 2.05) is 30.0 Å². The third-order valence-corrected chi connectivity index (χ3v) is 5.18. The maximum atomic E-state index is 13.2. The standard InChI is InChI=1S/C22H24F3N5O/c1-13-4-5-18-16(8-13)19(29-20(28-18)27-12-21(2,3)31)30-7-6-17-14(11-30)9-15(10-26-17)22(23,24)25/h4-5,8-10,31H,6-7,11-12H2,1-3H3,(H,27,28,29). The second-order valence-corrected chi connectivity index (χ2v) is 8.56. The lowest BCUT2D eigenvalue weighted by Crippen LogP contribution is -2.33. The molecule has 0 bridgehead atoms. The summed E-state index contributed by atoms with van der Waals surface area (Å²) in [6.45, 7) is 6.43. The molecule has 2 N–H and O–H groups in total. The largest absolute Gasteiger partial charge is 0.417 e. The number of hydrogen-bond acceptors (Lipinski definition) is 6. The highest BCUT2D eigenvalue weighted by Gasteiger charge is 2.32. The second kappa shape index (κ2) is 7.64. The first-order valence-electron chi connectivity index (χ1n) is 10.0. The Bertz CT molecular complexity index is 1120. The number of benzene rings is 1. The van der Waals surface area contributed by atoms with Gasteiger partial charge < -0.3 is 15.3 Å². The smallest absolute Gasteiger partial charge is 0.389 e. The van der Waals surface area contributed by atoms with Gasteiger partial charge in [-0.25, -0.2) is 4.98 Å². The minimum absolute atomic E-state index is 0.255. The van der Waals surface area contributed by atoms with E-state index < -0.39 is 17.3 Å². The van der Waals surface area contributed by atoms with Gasteiger partial charge in [0.25, 0.3) is 0 Å². The molecule has 4 rings (SSSR count). The Labute approximate surface area is 178 Å². The van der Waals surface area contributed by atoms with Crippen molar-refractivity contribution < 1.29 is 18.3 Å². The van der Waals surface area contributed by atoms with Gasteiger partial charge in [0, 0.05) is 43.3 Å². The molecule has 0 amide bonds. The minimum Gasteiger partial charge on any atom is -0.389 e. The van der Waals surface area contributed by atoms with Crippen LogP contribution in [0.2, 0.25) is 0 Å². The SMILES string of the molecule is Cc1ccc2nc(NCC(C)(C)O)nc(N3CCc4ncc(C(F)(F)F)cc4C3)c2c1. The van der Waals surface area contributed by atoms with Crippen LogP contribution in [0.1, 0.15) is 36.2 Å². The molecule has 2 aromatic heterocycles. The molecule has 0 atom stereocenters. The van der Waals surface area contributed by atoms with Crippen molar-refractivity contribution >= 4 is 22.7 Å². The summed E-state index contributed by atoms with van der Waals surface area (Å²) in [6.07, 6.45) is -3.01. The first kappa shape index (κ1) is 21.3. The third kappa shape index (κ3) is 4.71. The van der Waals surface area contributed by atoms with E-state index in [0.29, 0.717) is 36.0 Å². The van der Waals surface area contributed by atoms with E-state index >= 15 is 0 Å². The first-order valence-corrected chi connectivity index (χ1v) is 10.0. The molecular formula is C22H24F3N5O. The van der Waals surface area contributed by atoms with E-state index in [0.717, 1.165) is 22.7 Å². The lowest BCUT2D eigenvalue weighted by molar-refractivity contribution is -0.137. The van der Waals surface area contributed by atoms with Crippen LogP contribution < -0.4 is 10.2 Å². The molecule has 0 radical (unpaired) electrons. The molecule has 0 aliphatic carbocycles. The number of aryl methyl sites for hydroxylation is 1. The van der Waals surface area contributed by atoms with Crippen LogP contribution in [0.5, 0.6) is 0 Å². The van der Waals surface area contributed by atoms with Crippen molar-refractivity contribution in [2.24, 2.45) is 0 Å². The first-order chi connectivity index (χ1) is 14.5. The van der Waals surface area contributed by atoms with Gasteiger partial charge in [-0.2, -0.15) is 18.2 Å². The summed E-state index contributed by atoms with van der Waals surface area (Å²) >= 11 is 0. The third-order valence-electron chi connectivity index (χ3n) is 5.18. The molecule has 164 valence electrons. The van der Waals surface area contributed by atoms with Gasteiger partial charge >= 0.3 is 6.18 Å². The number of halogens is 3. The van der Waals surface area contributed by atoms with Crippen molar-refractivity contribution in [1.82, 2.24) is 15.0 Å². The number of aliphatic hydroxyl groups is 1. The molecule has 0 spiro atoms. The van der Waals surface area contributed by atoms with Gasteiger partial charge in [-0.05, 0) is 44.5 Å². The van der Waals surface area contributed by atoms with Crippen LogP contribution in [0.25, 0.3) is 10.9 Å². The van der Waals surface area contributed by atoms with Crippen LogP contribution in [0, 0.1) is 6.92 Å². The molecular weight excluding hydrogens is 407 g/mol. The molecule has 0 fully saturated rings. The van der Waals surface area contributed by atoms with E-state index in [9.17, 15) is 18.3 Å². The lowest BCUT2D eigenvalue weighted by atomic mass is 10.0. The molecule has 6 nitrogen and oxygen atoms in total. The molecule has 1 aliphatic rings. The van der Waals surface area contributed by atoms with Crippen LogP contribution in [-0.2, 0) is 19.1 Å². The zero-order valence-electron chi connectivity index (χ0n) is 17.6. The summed E-state index contributed by atoms with van der Waals surface area (Å²) in [4.78, 5) is 15.2. The molecule has 9 heteroatoms. The molecule has 0 unspecified atom stereocenters. The quantitative estimate of drug-likeness (QED) is 0.648. The lowest BCUT2D eigenvalue weighted by Gasteiger charge is -2.31. The van der Waals surface area contributed by atoms with Gasteiger partial charge in [0.15, 0.2) is 0 Å². The maximum Gasteiger partial charge on any atom is 0.417 e. The summed E-state index contributed by atoms with van der Waals surface area (Å²) in [5.41, 5.74) is 1.29. The van der Waals surface area contributed by atoms with Crippen molar-refractivity contribution in [3.05, 3.63) is 52.8 Å². The number of pyridine rings is 1. The number of hydrogen-bond donors (Lipinski definition) is 2. The van der Waals surface area contributed by atoms with Gasteiger partial charge in [0.1, 0.15) is 5.82 Å². The molecule has 0 saturated heterocycles. The topological polar surface area (TPSA) is 74.2 Å². The predicted octanol–water partition coefficient (Wildman–Crippen LogP) is 4.10. The Hall–Kier alpha value is -2.94. The summed E-state index contributed by atoms with van der Waals surface area (Å²) in [5, 5.41) is 13.9. The Balaban J connectivity index is 1.74. The predicted molar refractivity (Wildman–Crippen MR) is 113 cm³/mol. The van der Waals surface area contributed by atoms with E-state index in [4.69, 9.17) is 0 Å². The van der Waals surface area contributed by atoms with Gasteiger partial charge in [0.2, 0.25) is 5.95 Å². The number of alkyl halides is 3. The van der Waals surface area contributed by atoms with E-state index in [1.54, 1.807) is 13.8 Å². The van der Waals surface area contributed by atoms with E-state index in [1.165, 1.54) is 6.07 Å². The van der Waals surface area contributed by atoms with E-state index in [-0.39, 0.29) is 13.1 Å². The summed E-state index contributed by atoms with van der Waals surface area (Å²) < 4.78 is 39.5. The highest BCUT2D eigenvalue weighted by Crippen LogP contribution is 2.33. The van der Waals surface area contributed by atoms with Crippen LogP contribution >= 0.6 is 0 Å². The fraction of sp³-hybridized carbons (Fsp3) is 0.409. The Morgan fingerprint density at radius 1 is 1.16 bits per heavy atom. The maximum absolute atomic E-state index is 13.2. The summed E-state index contributed by atoms with van der Waals surface area (Å²) in [5.74, 6) is 1.01. The highest BCUT2D eigenvalue weighted by molar-refractivity contribution is 5.91. The van der Waals surface area contributed by atoms with Crippen LogP contribution in [-0.4, -0.2) is 38.7 Å².